The fraction of sp³-hybridized carbons (Fsp3) is 0.500. The number of rotatable bonds is 17. The van der Waals surface area contributed by atoms with Crippen LogP contribution in [0.15, 0.2) is 70.6 Å². The van der Waals surface area contributed by atoms with Crippen LogP contribution < -0.4 is 0 Å². The van der Waals surface area contributed by atoms with Crippen molar-refractivity contribution in [3.8, 4) is 0 Å². The normalized spacial score (nSPS) is 15.9. The van der Waals surface area contributed by atoms with E-state index in [4.69, 9.17) is 4.99 Å². The van der Waals surface area contributed by atoms with Crippen LogP contribution >= 0.6 is 11.8 Å². The third-order valence-electron chi connectivity index (χ3n) is 6.70. The van der Waals surface area contributed by atoms with E-state index in [-0.39, 0.29) is 5.91 Å². The number of amides is 1. The van der Waals surface area contributed by atoms with Crippen LogP contribution in [0, 0.1) is 0 Å². The van der Waals surface area contributed by atoms with Gasteiger partial charge in [0.25, 0.3) is 5.91 Å². The number of para-hydroxylation sites is 1. The predicted molar refractivity (Wildman–Crippen MR) is 158 cm³/mol. The van der Waals surface area contributed by atoms with E-state index >= 15 is 0 Å². The Morgan fingerprint density at radius 2 is 1.19 bits per heavy atom. The first-order chi connectivity index (χ1) is 17.8. The van der Waals surface area contributed by atoms with E-state index in [0.717, 1.165) is 34.3 Å². The van der Waals surface area contributed by atoms with Crippen LogP contribution in [0.1, 0.15) is 102 Å². The molecule has 1 heterocycles. The number of amidine groups is 1. The summed E-state index contributed by atoms with van der Waals surface area (Å²) < 4.78 is 0. The van der Waals surface area contributed by atoms with Gasteiger partial charge in [-0.15, -0.1) is 0 Å². The Balaban J connectivity index is 1.39. The van der Waals surface area contributed by atoms with E-state index in [1.807, 2.05) is 71.6 Å². The van der Waals surface area contributed by atoms with Gasteiger partial charge in [-0.2, -0.15) is 0 Å². The van der Waals surface area contributed by atoms with Crippen molar-refractivity contribution in [1.82, 2.24) is 4.90 Å². The van der Waals surface area contributed by atoms with Crippen LogP contribution in [0.4, 0.5) is 5.69 Å². The van der Waals surface area contributed by atoms with Gasteiger partial charge in [-0.1, -0.05) is 139 Å². The number of hydrogen-bond donors (Lipinski definition) is 0. The summed E-state index contributed by atoms with van der Waals surface area (Å²) in [4.78, 5) is 20.7. The first-order valence-electron chi connectivity index (χ1n) is 14.2. The lowest BCUT2D eigenvalue weighted by Crippen LogP contribution is -2.30. The molecule has 36 heavy (non-hydrogen) atoms. The number of thioether (sulfide) groups is 1. The van der Waals surface area contributed by atoms with Gasteiger partial charge in [0.1, 0.15) is 0 Å². The summed E-state index contributed by atoms with van der Waals surface area (Å²) in [6.45, 7) is 3.02. The number of nitrogens with zero attached hydrogens (tertiary/aromatic N) is 2. The van der Waals surface area contributed by atoms with Crippen LogP contribution in [0.25, 0.3) is 6.08 Å². The van der Waals surface area contributed by atoms with Gasteiger partial charge >= 0.3 is 0 Å². The Bertz CT molecular complexity index is 939. The molecular formula is C32H44N2OS. The molecule has 0 N–H and O–H groups in total. The third kappa shape index (κ3) is 10.3. The topological polar surface area (TPSA) is 32.7 Å². The molecule has 1 aliphatic heterocycles. The zero-order valence-corrected chi connectivity index (χ0v) is 23.0. The van der Waals surface area contributed by atoms with E-state index in [0.29, 0.717) is 0 Å². The second kappa shape index (κ2) is 17.2. The quantitative estimate of drug-likeness (QED) is 0.159. The van der Waals surface area contributed by atoms with Gasteiger partial charge in [0, 0.05) is 6.54 Å². The van der Waals surface area contributed by atoms with Crippen LogP contribution in [0.3, 0.4) is 0 Å². The maximum atomic E-state index is 13.2. The number of unbranched alkanes of at least 4 members (excludes halogenated alkanes) is 13. The zero-order valence-electron chi connectivity index (χ0n) is 22.2. The highest BCUT2D eigenvalue weighted by Crippen LogP contribution is 2.34. The summed E-state index contributed by atoms with van der Waals surface area (Å²) in [5, 5.41) is 0.795. The monoisotopic (exact) mass is 504 g/mol. The molecule has 1 saturated heterocycles. The molecule has 2 aromatic carbocycles. The van der Waals surface area contributed by atoms with Crippen LogP contribution in [-0.4, -0.2) is 22.5 Å². The van der Waals surface area contributed by atoms with Crippen molar-refractivity contribution < 1.29 is 4.79 Å². The molecule has 3 rings (SSSR count). The van der Waals surface area contributed by atoms with Gasteiger partial charge in [-0.25, -0.2) is 4.99 Å². The van der Waals surface area contributed by atoms with Crippen molar-refractivity contribution in [2.75, 3.05) is 6.54 Å². The number of carbonyl (C=O) groups excluding carboxylic acids is 1. The SMILES string of the molecule is CCCCCCCCCCCCCCCCN1C(=O)/C(=C\c2ccccc2)SC1=Nc1ccccc1. The minimum atomic E-state index is 0.0771. The fourth-order valence-electron chi connectivity index (χ4n) is 4.57. The molecular weight excluding hydrogens is 460 g/mol. The lowest BCUT2D eigenvalue weighted by molar-refractivity contribution is -0.122. The summed E-state index contributed by atoms with van der Waals surface area (Å²) in [5.41, 5.74) is 1.94. The smallest absolute Gasteiger partial charge is 0.266 e. The first kappa shape index (κ1) is 28.2. The molecule has 1 amide bonds. The highest BCUT2D eigenvalue weighted by atomic mass is 32.2. The van der Waals surface area contributed by atoms with Crippen molar-refractivity contribution in [2.45, 2.75) is 96.8 Å². The maximum absolute atomic E-state index is 13.2. The second-order valence-electron chi connectivity index (χ2n) is 9.80. The van der Waals surface area contributed by atoms with Gasteiger partial charge in [-0.3, -0.25) is 9.69 Å². The lowest BCUT2D eigenvalue weighted by Gasteiger charge is -2.15. The van der Waals surface area contributed by atoms with Gasteiger partial charge in [0.15, 0.2) is 5.17 Å². The van der Waals surface area contributed by atoms with Crippen molar-refractivity contribution >= 4 is 34.6 Å². The lowest BCUT2D eigenvalue weighted by atomic mass is 10.0. The largest absolute Gasteiger partial charge is 0.286 e. The molecule has 3 nitrogen and oxygen atoms in total. The molecule has 2 aromatic rings. The summed E-state index contributed by atoms with van der Waals surface area (Å²) in [6.07, 6.45) is 20.7. The number of hydrogen-bond acceptors (Lipinski definition) is 3. The molecule has 4 heteroatoms. The molecule has 0 radical (unpaired) electrons. The molecule has 0 aromatic heterocycles. The van der Waals surface area contributed by atoms with Gasteiger partial charge in [-0.05, 0) is 42.0 Å². The minimum absolute atomic E-state index is 0.0771. The first-order valence-corrected chi connectivity index (χ1v) is 15.0. The van der Waals surface area contributed by atoms with Crippen molar-refractivity contribution in [2.24, 2.45) is 4.99 Å². The van der Waals surface area contributed by atoms with E-state index in [9.17, 15) is 4.79 Å². The average Bonchev–Trinajstić information content (AvgIpc) is 3.18. The van der Waals surface area contributed by atoms with Crippen molar-refractivity contribution in [1.29, 1.82) is 0 Å². The molecule has 1 fully saturated rings. The number of benzene rings is 2. The zero-order chi connectivity index (χ0) is 25.3. The van der Waals surface area contributed by atoms with Crippen molar-refractivity contribution in [3.63, 3.8) is 0 Å². The standard InChI is InChI=1S/C32H44N2OS/c1-2-3-4-5-6-7-8-9-10-11-12-13-14-21-26-34-31(35)30(27-28-22-17-15-18-23-28)36-32(34)33-29-24-19-16-20-25-29/h15-20,22-25,27H,2-14,21,26H2,1H3/b30-27+,33-32?. The van der Waals surface area contributed by atoms with E-state index < -0.39 is 0 Å². The molecule has 0 atom stereocenters. The molecule has 0 spiro atoms. The number of carbonyl (C=O) groups is 1. The fourth-order valence-corrected chi connectivity index (χ4v) is 5.59. The molecule has 0 unspecified atom stereocenters. The van der Waals surface area contributed by atoms with Crippen LogP contribution in [0.2, 0.25) is 0 Å². The van der Waals surface area contributed by atoms with Gasteiger partial charge in [0.2, 0.25) is 0 Å². The maximum Gasteiger partial charge on any atom is 0.266 e. The summed E-state index contributed by atoms with van der Waals surface area (Å²) in [5.74, 6) is 0.0771. The van der Waals surface area contributed by atoms with Gasteiger partial charge < -0.3 is 0 Å². The van der Waals surface area contributed by atoms with E-state index in [1.54, 1.807) is 0 Å². The van der Waals surface area contributed by atoms with Crippen LogP contribution in [0.5, 0.6) is 0 Å². The highest BCUT2D eigenvalue weighted by molar-refractivity contribution is 8.18. The summed E-state index contributed by atoms with van der Waals surface area (Å²) in [6, 6.07) is 20.0. The predicted octanol–water partition coefficient (Wildman–Crippen LogP) is 9.77. The van der Waals surface area contributed by atoms with Crippen LogP contribution in [-0.2, 0) is 4.79 Å². The van der Waals surface area contributed by atoms with E-state index in [1.165, 1.54) is 95.2 Å². The van der Waals surface area contributed by atoms with Gasteiger partial charge in [0.05, 0.1) is 10.6 Å². The Morgan fingerprint density at radius 1 is 0.694 bits per heavy atom. The molecule has 0 bridgehead atoms. The highest BCUT2D eigenvalue weighted by Gasteiger charge is 2.32. The number of aliphatic imine (C=N–C) groups is 1. The Labute approximate surface area is 223 Å². The average molecular weight is 505 g/mol. The molecule has 1 aliphatic rings. The van der Waals surface area contributed by atoms with E-state index in [2.05, 4.69) is 6.92 Å². The minimum Gasteiger partial charge on any atom is -0.286 e. The second-order valence-corrected chi connectivity index (χ2v) is 10.8. The summed E-state index contributed by atoms with van der Waals surface area (Å²) in [7, 11) is 0. The Hall–Kier alpha value is -2.33. The van der Waals surface area contributed by atoms with Crippen molar-refractivity contribution in [3.05, 3.63) is 71.1 Å². The summed E-state index contributed by atoms with van der Waals surface area (Å²) >= 11 is 1.49. The Morgan fingerprint density at radius 3 is 1.75 bits per heavy atom. The Kier molecular flexibility index (Phi) is 13.5. The molecule has 194 valence electrons. The molecule has 0 aliphatic carbocycles. The third-order valence-corrected chi connectivity index (χ3v) is 7.71. The molecule has 0 saturated carbocycles.